The van der Waals surface area contributed by atoms with Crippen LogP contribution in [0.25, 0.3) is 67.7 Å². The Morgan fingerprint density at radius 3 is 1.43 bits per heavy atom. The maximum Gasteiger partial charge on any atom is 0.164 e. The number of benzene rings is 7. The van der Waals surface area contributed by atoms with Gasteiger partial charge in [0.1, 0.15) is 11.5 Å². The summed E-state index contributed by atoms with van der Waals surface area (Å²) < 4.78 is 6.89. The van der Waals surface area contributed by atoms with E-state index in [9.17, 15) is 0 Å². The molecule has 262 valence electrons. The van der Waals surface area contributed by atoms with E-state index in [1.54, 1.807) is 0 Å². The van der Waals surface area contributed by atoms with E-state index in [0.717, 1.165) is 61.7 Å². The predicted molar refractivity (Wildman–Crippen MR) is 222 cm³/mol. The van der Waals surface area contributed by atoms with Gasteiger partial charge in [-0.2, -0.15) is 0 Å². The van der Waals surface area contributed by atoms with Crippen LogP contribution < -0.4 is 4.74 Å². The van der Waals surface area contributed by atoms with E-state index < -0.39 is 5.41 Å². The van der Waals surface area contributed by atoms with Gasteiger partial charge in [0.25, 0.3) is 0 Å². The Balaban J connectivity index is 1.15. The van der Waals surface area contributed by atoms with Gasteiger partial charge in [0.15, 0.2) is 17.5 Å². The number of pyridine rings is 1. The minimum Gasteiger partial charge on any atom is -0.457 e. The van der Waals surface area contributed by atoms with Crippen molar-refractivity contribution in [2.24, 2.45) is 0 Å². The summed E-state index contributed by atoms with van der Waals surface area (Å²) in [6.45, 7) is 0. The van der Waals surface area contributed by atoms with Crippen LogP contribution in [0.15, 0.2) is 194 Å². The zero-order valence-corrected chi connectivity index (χ0v) is 30.2. The maximum absolute atomic E-state index is 6.89. The Labute approximate surface area is 324 Å². The second kappa shape index (κ2) is 12.8. The molecule has 0 atom stereocenters. The van der Waals surface area contributed by atoms with Crippen LogP contribution in [0.4, 0.5) is 0 Å². The summed E-state index contributed by atoms with van der Waals surface area (Å²) in [7, 11) is 0. The number of fused-ring (bicyclic) bond motifs is 9. The molecule has 0 amide bonds. The molecule has 0 fully saturated rings. The molecule has 3 heterocycles. The third kappa shape index (κ3) is 5.02. The van der Waals surface area contributed by atoms with Crippen LogP contribution in [0.3, 0.4) is 0 Å². The topological polar surface area (TPSA) is 60.8 Å². The molecular formula is C51H32N4O. The summed E-state index contributed by atoms with van der Waals surface area (Å²) in [5.41, 5.74) is 13.3. The zero-order chi connectivity index (χ0) is 37.1. The molecule has 11 rings (SSSR count). The van der Waals surface area contributed by atoms with Crippen molar-refractivity contribution in [1.82, 2.24) is 19.9 Å². The van der Waals surface area contributed by atoms with Gasteiger partial charge in [-0.15, -0.1) is 0 Å². The molecule has 1 aliphatic carbocycles. The second-order valence-corrected chi connectivity index (χ2v) is 14.2. The van der Waals surface area contributed by atoms with E-state index >= 15 is 0 Å². The van der Waals surface area contributed by atoms with Crippen molar-refractivity contribution in [3.63, 3.8) is 0 Å². The number of rotatable bonds is 5. The van der Waals surface area contributed by atoms with E-state index in [2.05, 4.69) is 114 Å². The molecule has 0 bridgehead atoms. The monoisotopic (exact) mass is 716 g/mol. The molecule has 1 aliphatic heterocycles. The highest BCUT2D eigenvalue weighted by molar-refractivity contribution is 5.90. The summed E-state index contributed by atoms with van der Waals surface area (Å²) in [5.74, 6) is 3.48. The van der Waals surface area contributed by atoms with Crippen molar-refractivity contribution in [3.8, 4) is 79.2 Å². The third-order valence-electron chi connectivity index (χ3n) is 11.1. The molecule has 0 saturated heterocycles. The molecule has 9 aromatic rings. The highest BCUT2D eigenvalue weighted by atomic mass is 16.5. The number of nitrogens with zero attached hydrogens (tertiary/aromatic N) is 4. The first-order valence-corrected chi connectivity index (χ1v) is 18.8. The lowest BCUT2D eigenvalue weighted by atomic mass is 9.65. The first-order chi connectivity index (χ1) is 27.7. The van der Waals surface area contributed by atoms with Crippen LogP contribution in [0.1, 0.15) is 22.3 Å². The third-order valence-corrected chi connectivity index (χ3v) is 11.1. The van der Waals surface area contributed by atoms with Crippen LogP contribution in [0, 0.1) is 0 Å². The van der Waals surface area contributed by atoms with Gasteiger partial charge in [0.2, 0.25) is 0 Å². The van der Waals surface area contributed by atoms with Crippen LogP contribution in [-0.2, 0) is 5.41 Å². The van der Waals surface area contributed by atoms with Crippen molar-refractivity contribution in [3.05, 3.63) is 217 Å². The fourth-order valence-corrected chi connectivity index (χ4v) is 8.55. The fraction of sp³-hybridized carbons (Fsp3) is 0.0196. The van der Waals surface area contributed by atoms with E-state index in [1.165, 1.54) is 22.3 Å². The quantitative estimate of drug-likeness (QED) is 0.177. The highest BCUT2D eigenvalue weighted by Crippen LogP contribution is 2.62. The van der Waals surface area contributed by atoms with Gasteiger partial charge in [0.05, 0.1) is 11.1 Å². The molecule has 0 saturated carbocycles. The van der Waals surface area contributed by atoms with E-state index in [0.29, 0.717) is 17.5 Å². The summed E-state index contributed by atoms with van der Waals surface area (Å²) in [5, 5.41) is 0. The molecule has 0 N–H and O–H groups in total. The van der Waals surface area contributed by atoms with E-state index in [-0.39, 0.29) is 0 Å². The SMILES string of the molecule is c1ccc(-c2nc(-c3ccccc3)nc(-c3ccc4c(c3)C3(c5cc(-c6cccc(-c7ccccn7)c6)ccc5O4)c4ccccc4-c4ccccc43)n2)cc1. The largest absolute Gasteiger partial charge is 0.457 e. The molecule has 1 spiro atoms. The molecular weight excluding hydrogens is 685 g/mol. The first-order valence-electron chi connectivity index (χ1n) is 18.8. The maximum atomic E-state index is 6.89. The van der Waals surface area contributed by atoms with Crippen molar-refractivity contribution in [1.29, 1.82) is 0 Å². The molecule has 0 radical (unpaired) electrons. The van der Waals surface area contributed by atoms with Crippen molar-refractivity contribution in [2.45, 2.75) is 5.41 Å². The molecule has 5 heteroatoms. The Kier molecular flexibility index (Phi) is 7.32. The van der Waals surface area contributed by atoms with Gasteiger partial charge in [-0.3, -0.25) is 4.98 Å². The molecule has 2 aromatic heterocycles. The number of ether oxygens (including phenoxy) is 1. The van der Waals surface area contributed by atoms with E-state index in [1.807, 2.05) is 85.1 Å². The van der Waals surface area contributed by atoms with Crippen molar-refractivity contribution >= 4 is 0 Å². The molecule has 2 aliphatic rings. The average Bonchev–Trinajstić information content (AvgIpc) is 3.57. The summed E-state index contributed by atoms with van der Waals surface area (Å²) in [6.07, 6.45) is 1.84. The van der Waals surface area contributed by atoms with Gasteiger partial charge in [-0.05, 0) is 81.9 Å². The van der Waals surface area contributed by atoms with Crippen LogP contribution in [0.2, 0.25) is 0 Å². The lowest BCUT2D eigenvalue weighted by molar-refractivity contribution is 0.436. The lowest BCUT2D eigenvalue weighted by Gasteiger charge is -2.40. The van der Waals surface area contributed by atoms with Gasteiger partial charge in [-0.25, -0.2) is 15.0 Å². The standard InChI is InChI=1S/C51H32N4O/c1-3-14-33(15-4-1)48-53-49(34-16-5-2-6-17-34)55-50(54-48)38-26-28-47-44(32-38)51(41-22-9-7-20-39(41)40-21-8-10-23-42(40)51)43-31-36(25-27-46(43)56-47)35-18-13-19-37(30-35)45-24-11-12-29-52-45/h1-32H. The van der Waals surface area contributed by atoms with Gasteiger partial charge >= 0.3 is 0 Å². The number of hydrogen-bond donors (Lipinski definition) is 0. The molecule has 7 aromatic carbocycles. The Bertz CT molecular complexity index is 2840. The molecule has 0 unspecified atom stereocenters. The predicted octanol–water partition coefficient (Wildman–Crippen LogP) is 12.1. The van der Waals surface area contributed by atoms with Gasteiger partial charge in [-0.1, -0.05) is 140 Å². The normalized spacial score (nSPS) is 12.9. The average molecular weight is 717 g/mol. The lowest BCUT2D eigenvalue weighted by Crippen LogP contribution is -2.32. The first kappa shape index (κ1) is 32.0. The summed E-state index contributed by atoms with van der Waals surface area (Å²) >= 11 is 0. The minimum absolute atomic E-state index is 0.598. The van der Waals surface area contributed by atoms with Crippen LogP contribution >= 0.6 is 0 Å². The molecule has 56 heavy (non-hydrogen) atoms. The van der Waals surface area contributed by atoms with Crippen LogP contribution in [0.5, 0.6) is 11.5 Å². The van der Waals surface area contributed by atoms with E-state index in [4.69, 9.17) is 19.7 Å². The Morgan fingerprint density at radius 2 is 0.821 bits per heavy atom. The smallest absolute Gasteiger partial charge is 0.164 e. The minimum atomic E-state index is -0.682. The van der Waals surface area contributed by atoms with Crippen molar-refractivity contribution < 1.29 is 4.74 Å². The Morgan fingerprint density at radius 1 is 0.339 bits per heavy atom. The van der Waals surface area contributed by atoms with Crippen LogP contribution in [-0.4, -0.2) is 19.9 Å². The van der Waals surface area contributed by atoms with Gasteiger partial charge < -0.3 is 4.74 Å². The van der Waals surface area contributed by atoms with Gasteiger partial charge in [0, 0.05) is 39.6 Å². The number of hydrogen-bond acceptors (Lipinski definition) is 5. The fourth-order valence-electron chi connectivity index (χ4n) is 8.55. The highest BCUT2D eigenvalue weighted by Gasteiger charge is 2.51. The zero-order valence-electron chi connectivity index (χ0n) is 30.2. The van der Waals surface area contributed by atoms with Crippen molar-refractivity contribution in [2.75, 3.05) is 0 Å². The molecule has 5 nitrogen and oxygen atoms in total. The summed E-state index contributed by atoms with van der Waals surface area (Å²) in [4.78, 5) is 19.8. The second-order valence-electron chi connectivity index (χ2n) is 14.2. The Hall–Kier alpha value is -7.50. The summed E-state index contributed by atoms with van der Waals surface area (Å²) in [6, 6.07) is 65.4. The number of aromatic nitrogens is 4.